The Kier molecular flexibility index (Phi) is 6.89. The lowest BCUT2D eigenvalue weighted by Gasteiger charge is -2.29. The van der Waals surface area contributed by atoms with E-state index in [9.17, 15) is 18.0 Å². The number of carbonyl (C=O) groups excluding carboxylic acids is 2. The molecule has 10 heteroatoms. The Bertz CT molecular complexity index is 1020. The molecule has 1 aliphatic rings. The molecule has 2 N–H and O–H groups in total. The predicted octanol–water partition coefficient (Wildman–Crippen LogP) is 2.62. The molecule has 1 aromatic carbocycles. The van der Waals surface area contributed by atoms with E-state index in [1.54, 1.807) is 0 Å². The minimum Gasteiger partial charge on any atom is -0.350 e. The Hall–Kier alpha value is -2.30. The third-order valence-corrected chi connectivity index (χ3v) is 7.11. The molecule has 2 atom stereocenters. The monoisotopic (exact) mass is 450 g/mol. The predicted molar refractivity (Wildman–Crippen MR) is 118 cm³/mol. The topological polar surface area (TPSA) is 108 Å². The number of hydrogen-bond donors (Lipinski definition) is 2. The number of hydrogen-bond acceptors (Lipinski definition) is 6. The lowest BCUT2D eigenvalue weighted by molar-refractivity contribution is -0.121. The largest absolute Gasteiger partial charge is 0.350 e. The lowest BCUT2D eigenvalue weighted by Crippen LogP contribution is -2.43. The molecule has 1 aliphatic heterocycles. The van der Waals surface area contributed by atoms with Crippen molar-refractivity contribution in [1.82, 2.24) is 14.6 Å². The van der Waals surface area contributed by atoms with Crippen LogP contribution in [0, 0.1) is 5.92 Å². The Morgan fingerprint density at radius 3 is 2.60 bits per heavy atom. The van der Waals surface area contributed by atoms with Crippen LogP contribution in [0.4, 0.5) is 5.13 Å². The number of amides is 2. The molecular formula is C20H26N4O4S2. The SMILES string of the molecule is CC(=O)NC(C)c1ccc(-c2csc(NC(=O)C3CCCN(S(C)(=O)=O)C3)n2)cc1. The fourth-order valence-electron chi connectivity index (χ4n) is 3.46. The summed E-state index contributed by atoms with van der Waals surface area (Å²) in [5, 5.41) is 8.03. The maximum atomic E-state index is 12.6. The van der Waals surface area contributed by atoms with E-state index in [2.05, 4.69) is 15.6 Å². The second-order valence-electron chi connectivity index (χ2n) is 7.53. The molecule has 3 rings (SSSR count). The van der Waals surface area contributed by atoms with E-state index >= 15 is 0 Å². The van der Waals surface area contributed by atoms with Gasteiger partial charge in [0.05, 0.1) is 23.9 Å². The number of nitrogens with one attached hydrogen (secondary N) is 2. The van der Waals surface area contributed by atoms with Crippen LogP contribution in [0.5, 0.6) is 0 Å². The summed E-state index contributed by atoms with van der Waals surface area (Å²) in [4.78, 5) is 28.3. The fourth-order valence-corrected chi connectivity index (χ4v) is 5.09. The van der Waals surface area contributed by atoms with Crippen LogP contribution in [0.1, 0.15) is 38.3 Å². The molecule has 2 heterocycles. The smallest absolute Gasteiger partial charge is 0.230 e. The van der Waals surface area contributed by atoms with Crippen molar-refractivity contribution in [3.05, 3.63) is 35.2 Å². The van der Waals surface area contributed by atoms with Crippen molar-refractivity contribution < 1.29 is 18.0 Å². The van der Waals surface area contributed by atoms with Crippen LogP contribution in [-0.4, -0.2) is 48.9 Å². The van der Waals surface area contributed by atoms with Crippen LogP contribution in [0.3, 0.4) is 0 Å². The normalized spacial score (nSPS) is 18.6. The number of nitrogens with zero attached hydrogens (tertiary/aromatic N) is 2. The van der Waals surface area contributed by atoms with E-state index in [4.69, 9.17) is 0 Å². The summed E-state index contributed by atoms with van der Waals surface area (Å²) in [5.74, 6) is -0.664. The first-order valence-electron chi connectivity index (χ1n) is 9.72. The summed E-state index contributed by atoms with van der Waals surface area (Å²) < 4.78 is 24.9. The second kappa shape index (κ2) is 9.23. The third kappa shape index (κ3) is 5.65. The number of rotatable bonds is 6. The van der Waals surface area contributed by atoms with E-state index < -0.39 is 10.0 Å². The van der Waals surface area contributed by atoms with E-state index in [-0.39, 0.29) is 30.3 Å². The molecule has 0 bridgehead atoms. The first-order valence-corrected chi connectivity index (χ1v) is 12.4. The van der Waals surface area contributed by atoms with Gasteiger partial charge in [-0.25, -0.2) is 17.7 Å². The standard InChI is InChI=1S/C20H26N4O4S2/c1-13(21-14(2)25)15-6-8-16(9-7-15)18-12-29-20(22-18)23-19(26)17-5-4-10-24(11-17)30(3,27)28/h6-9,12-13,17H,4-5,10-11H2,1-3H3,(H,21,25)(H,22,23,26). The highest BCUT2D eigenvalue weighted by Gasteiger charge is 2.30. The van der Waals surface area contributed by atoms with Gasteiger partial charge in [0.25, 0.3) is 0 Å². The highest BCUT2D eigenvalue weighted by atomic mass is 32.2. The van der Waals surface area contributed by atoms with Gasteiger partial charge < -0.3 is 10.6 Å². The van der Waals surface area contributed by atoms with E-state index in [0.29, 0.717) is 24.5 Å². The number of piperidine rings is 1. The molecule has 0 saturated carbocycles. The minimum absolute atomic E-state index is 0.0796. The molecule has 30 heavy (non-hydrogen) atoms. The van der Waals surface area contributed by atoms with E-state index in [1.165, 1.54) is 28.8 Å². The van der Waals surface area contributed by atoms with Crippen molar-refractivity contribution in [3.8, 4) is 11.3 Å². The summed E-state index contributed by atoms with van der Waals surface area (Å²) in [6.45, 7) is 4.07. The van der Waals surface area contributed by atoms with Crippen molar-refractivity contribution in [2.24, 2.45) is 5.92 Å². The number of sulfonamides is 1. The van der Waals surface area contributed by atoms with Crippen molar-refractivity contribution in [3.63, 3.8) is 0 Å². The molecular weight excluding hydrogens is 424 g/mol. The summed E-state index contributed by atoms with van der Waals surface area (Å²) >= 11 is 1.33. The Morgan fingerprint density at radius 2 is 1.97 bits per heavy atom. The molecule has 2 aromatic rings. The van der Waals surface area contributed by atoms with Gasteiger partial charge in [0.2, 0.25) is 21.8 Å². The zero-order valence-corrected chi connectivity index (χ0v) is 18.8. The van der Waals surface area contributed by atoms with E-state index in [0.717, 1.165) is 16.8 Å². The Morgan fingerprint density at radius 1 is 1.27 bits per heavy atom. The summed E-state index contributed by atoms with van der Waals surface area (Å²) in [6, 6.07) is 7.66. The number of benzene rings is 1. The molecule has 0 aliphatic carbocycles. The zero-order chi connectivity index (χ0) is 21.9. The molecule has 1 aromatic heterocycles. The maximum Gasteiger partial charge on any atom is 0.230 e. The van der Waals surface area contributed by atoms with Crippen molar-refractivity contribution in [2.75, 3.05) is 24.7 Å². The van der Waals surface area contributed by atoms with Gasteiger partial charge in [-0.1, -0.05) is 24.3 Å². The van der Waals surface area contributed by atoms with Crippen molar-refractivity contribution in [1.29, 1.82) is 0 Å². The molecule has 1 saturated heterocycles. The number of thiazole rings is 1. The van der Waals surface area contributed by atoms with Gasteiger partial charge in [0, 0.05) is 31.0 Å². The Labute approximate surface area is 180 Å². The molecule has 8 nitrogen and oxygen atoms in total. The molecule has 0 spiro atoms. The van der Waals surface area contributed by atoms with Crippen LogP contribution in [0.2, 0.25) is 0 Å². The van der Waals surface area contributed by atoms with Crippen LogP contribution >= 0.6 is 11.3 Å². The van der Waals surface area contributed by atoms with Crippen LogP contribution in [-0.2, 0) is 19.6 Å². The quantitative estimate of drug-likeness (QED) is 0.703. The number of carbonyl (C=O) groups is 2. The first-order chi connectivity index (χ1) is 14.1. The lowest BCUT2D eigenvalue weighted by atomic mass is 9.99. The average molecular weight is 451 g/mol. The fraction of sp³-hybridized carbons (Fsp3) is 0.450. The second-order valence-corrected chi connectivity index (χ2v) is 10.4. The number of anilines is 1. The molecule has 1 fully saturated rings. The summed E-state index contributed by atoms with van der Waals surface area (Å²) in [7, 11) is -3.30. The van der Waals surface area contributed by atoms with Gasteiger partial charge in [-0.2, -0.15) is 0 Å². The molecule has 2 unspecified atom stereocenters. The van der Waals surface area contributed by atoms with Gasteiger partial charge in [-0.15, -0.1) is 11.3 Å². The molecule has 2 amide bonds. The zero-order valence-electron chi connectivity index (χ0n) is 17.2. The van der Waals surface area contributed by atoms with Gasteiger partial charge in [0.1, 0.15) is 0 Å². The van der Waals surface area contributed by atoms with Gasteiger partial charge in [0.15, 0.2) is 5.13 Å². The van der Waals surface area contributed by atoms with Crippen molar-refractivity contribution >= 4 is 38.3 Å². The van der Waals surface area contributed by atoms with Gasteiger partial charge >= 0.3 is 0 Å². The van der Waals surface area contributed by atoms with Gasteiger partial charge in [-0.3, -0.25) is 9.59 Å². The summed E-state index contributed by atoms with van der Waals surface area (Å²) in [6.07, 6.45) is 2.49. The summed E-state index contributed by atoms with van der Waals surface area (Å²) in [5.41, 5.74) is 2.65. The Balaban J connectivity index is 1.63. The number of aromatic nitrogens is 1. The molecule has 0 radical (unpaired) electrons. The van der Waals surface area contributed by atoms with Crippen molar-refractivity contribution in [2.45, 2.75) is 32.7 Å². The van der Waals surface area contributed by atoms with Gasteiger partial charge in [-0.05, 0) is 25.3 Å². The van der Waals surface area contributed by atoms with Crippen LogP contribution in [0.15, 0.2) is 29.6 Å². The highest BCUT2D eigenvalue weighted by Crippen LogP contribution is 2.27. The average Bonchev–Trinajstić information content (AvgIpc) is 3.15. The first kappa shape index (κ1) is 22.4. The minimum atomic E-state index is -3.30. The van der Waals surface area contributed by atoms with E-state index in [1.807, 2.05) is 36.6 Å². The maximum absolute atomic E-state index is 12.6. The van der Waals surface area contributed by atoms with Crippen LogP contribution in [0.25, 0.3) is 11.3 Å². The highest BCUT2D eigenvalue weighted by molar-refractivity contribution is 7.88. The molecule has 162 valence electrons. The van der Waals surface area contributed by atoms with Crippen LogP contribution < -0.4 is 10.6 Å². The third-order valence-electron chi connectivity index (χ3n) is 5.08.